The quantitative estimate of drug-likeness (QED) is 0.732. The van der Waals surface area contributed by atoms with E-state index >= 15 is 0 Å². The van der Waals surface area contributed by atoms with Crippen LogP contribution in [0.3, 0.4) is 0 Å². The topological polar surface area (TPSA) is 9.23 Å². The molecule has 0 N–H and O–H groups in total. The van der Waals surface area contributed by atoms with Crippen LogP contribution in [-0.4, -0.2) is 7.11 Å². The summed E-state index contributed by atoms with van der Waals surface area (Å²) in [6.45, 7) is 0. The molecule has 0 aliphatic heterocycles. The van der Waals surface area contributed by atoms with Crippen LogP contribution < -0.4 is 4.74 Å². The van der Waals surface area contributed by atoms with Crippen molar-refractivity contribution < 1.29 is 17.9 Å². The highest BCUT2D eigenvalue weighted by Crippen LogP contribution is 2.41. The van der Waals surface area contributed by atoms with Crippen LogP contribution in [0.1, 0.15) is 5.56 Å². The Hall–Kier alpha value is -1.42. The SMILES string of the molecule is COc1ccc2cc(Cl)ccc2c1C(F)(F)F. The average molecular weight is 261 g/mol. The maximum atomic E-state index is 13.0. The van der Waals surface area contributed by atoms with Gasteiger partial charge >= 0.3 is 6.18 Å². The van der Waals surface area contributed by atoms with Crippen LogP contribution in [-0.2, 0) is 6.18 Å². The molecule has 17 heavy (non-hydrogen) atoms. The van der Waals surface area contributed by atoms with E-state index < -0.39 is 11.7 Å². The van der Waals surface area contributed by atoms with E-state index in [1.54, 1.807) is 6.07 Å². The highest BCUT2D eigenvalue weighted by atomic mass is 35.5. The fraction of sp³-hybridized carbons (Fsp3) is 0.167. The molecule has 2 aromatic carbocycles. The van der Waals surface area contributed by atoms with Gasteiger partial charge in [-0.15, -0.1) is 0 Å². The van der Waals surface area contributed by atoms with Crippen molar-refractivity contribution in [2.45, 2.75) is 6.18 Å². The van der Waals surface area contributed by atoms with Gasteiger partial charge in [-0.05, 0) is 29.0 Å². The summed E-state index contributed by atoms with van der Waals surface area (Å²) in [6.07, 6.45) is -4.46. The van der Waals surface area contributed by atoms with Gasteiger partial charge in [0.2, 0.25) is 0 Å². The molecule has 0 amide bonds. The van der Waals surface area contributed by atoms with E-state index in [0.29, 0.717) is 10.4 Å². The number of fused-ring (bicyclic) bond motifs is 1. The van der Waals surface area contributed by atoms with Gasteiger partial charge in [-0.25, -0.2) is 0 Å². The monoisotopic (exact) mass is 260 g/mol. The van der Waals surface area contributed by atoms with Crippen molar-refractivity contribution in [3.63, 3.8) is 0 Å². The molecule has 2 aromatic rings. The summed E-state index contributed by atoms with van der Waals surface area (Å²) < 4.78 is 43.6. The fourth-order valence-corrected chi connectivity index (χ4v) is 1.92. The largest absolute Gasteiger partial charge is 0.496 e. The van der Waals surface area contributed by atoms with Crippen LogP contribution in [0.5, 0.6) is 5.75 Å². The lowest BCUT2D eigenvalue weighted by Gasteiger charge is -2.14. The van der Waals surface area contributed by atoms with Gasteiger partial charge in [0.05, 0.1) is 7.11 Å². The first kappa shape index (κ1) is 12.0. The lowest BCUT2D eigenvalue weighted by atomic mass is 10.0. The molecule has 5 heteroatoms. The summed E-state index contributed by atoms with van der Waals surface area (Å²) in [4.78, 5) is 0. The standard InChI is InChI=1S/C12H8ClF3O/c1-17-10-5-2-7-6-8(13)3-4-9(7)11(10)12(14,15)16/h2-6H,1H3. The van der Waals surface area contributed by atoms with Gasteiger partial charge in [0, 0.05) is 5.02 Å². The maximum Gasteiger partial charge on any atom is 0.420 e. The molecule has 90 valence electrons. The van der Waals surface area contributed by atoms with E-state index in [-0.39, 0.29) is 11.1 Å². The first-order valence-corrected chi connectivity index (χ1v) is 5.14. The lowest BCUT2D eigenvalue weighted by Crippen LogP contribution is -2.08. The molecule has 0 fully saturated rings. The van der Waals surface area contributed by atoms with E-state index in [2.05, 4.69) is 0 Å². The molecule has 0 heterocycles. The minimum atomic E-state index is -4.46. The number of rotatable bonds is 1. The van der Waals surface area contributed by atoms with Crippen molar-refractivity contribution in [1.29, 1.82) is 0 Å². The third-order valence-electron chi connectivity index (χ3n) is 2.45. The predicted octanol–water partition coefficient (Wildman–Crippen LogP) is 4.52. The molecule has 2 rings (SSSR count). The lowest BCUT2D eigenvalue weighted by molar-refractivity contribution is -0.137. The van der Waals surface area contributed by atoms with Crippen LogP contribution in [0.15, 0.2) is 30.3 Å². The van der Waals surface area contributed by atoms with Gasteiger partial charge in [0.15, 0.2) is 0 Å². The number of ether oxygens (including phenoxy) is 1. The number of hydrogen-bond acceptors (Lipinski definition) is 1. The second kappa shape index (κ2) is 4.11. The number of alkyl halides is 3. The minimum absolute atomic E-state index is 0.0845. The van der Waals surface area contributed by atoms with Crippen molar-refractivity contribution in [3.05, 3.63) is 40.9 Å². The van der Waals surface area contributed by atoms with E-state index in [1.807, 2.05) is 0 Å². The number of halogens is 4. The molecule has 1 nitrogen and oxygen atoms in total. The summed E-state index contributed by atoms with van der Waals surface area (Å²) in [5.74, 6) is -0.188. The summed E-state index contributed by atoms with van der Waals surface area (Å²) >= 11 is 5.75. The van der Waals surface area contributed by atoms with Crippen LogP contribution in [0.2, 0.25) is 5.02 Å². The summed E-state index contributed by atoms with van der Waals surface area (Å²) in [5.41, 5.74) is -0.769. The Morgan fingerprint density at radius 3 is 2.41 bits per heavy atom. The Morgan fingerprint density at radius 1 is 1.12 bits per heavy atom. The third-order valence-corrected chi connectivity index (χ3v) is 2.68. The number of hydrogen-bond donors (Lipinski definition) is 0. The zero-order valence-electron chi connectivity index (χ0n) is 8.81. The highest BCUT2D eigenvalue weighted by Gasteiger charge is 2.36. The predicted molar refractivity (Wildman–Crippen MR) is 60.5 cm³/mol. The summed E-state index contributed by atoms with van der Waals surface area (Å²) in [6, 6.07) is 7.12. The molecule has 0 aliphatic carbocycles. The average Bonchev–Trinajstić information content (AvgIpc) is 2.25. The Labute approximate surface area is 101 Å². The maximum absolute atomic E-state index is 13.0. The normalized spacial score (nSPS) is 11.8. The summed E-state index contributed by atoms with van der Waals surface area (Å²) in [5, 5.41) is 0.919. The zero-order valence-corrected chi connectivity index (χ0v) is 9.56. The first-order chi connectivity index (χ1) is 7.93. The smallest absolute Gasteiger partial charge is 0.420 e. The fourth-order valence-electron chi connectivity index (χ4n) is 1.74. The Balaban J connectivity index is 2.84. The van der Waals surface area contributed by atoms with Crippen LogP contribution in [0.25, 0.3) is 10.8 Å². The van der Waals surface area contributed by atoms with Gasteiger partial charge in [-0.1, -0.05) is 23.7 Å². The molecule has 0 spiro atoms. The van der Waals surface area contributed by atoms with E-state index in [4.69, 9.17) is 16.3 Å². The highest BCUT2D eigenvalue weighted by molar-refractivity contribution is 6.31. The second-order valence-corrected chi connectivity index (χ2v) is 3.94. The first-order valence-electron chi connectivity index (χ1n) is 4.77. The molecule has 0 aromatic heterocycles. The molecular formula is C12H8ClF3O. The van der Waals surface area contributed by atoms with Crippen LogP contribution in [0.4, 0.5) is 13.2 Å². The van der Waals surface area contributed by atoms with E-state index in [9.17, 15) is 13.2 Å². The number of benzene rings is 2. The van der Waals surface area contributed by atoms with Crippen molar-refractivity contribution in [2.75, 3.05) is 7.11 Å². The second-order valence-electron chi connectivity index (χ2n) is 3.51. The molecule has 0 saturated carbocycles. The van der Waals surface area contributed by atoms with E-state index in [0.717, 1.165) is 0 Å². The third kappa shape index (κ3) is 2.17. The van der Waals surface area contributed by atoms with Gasteiger partial charge in [0.25, 0.3) is 0 Å². The van der Waals surface area contributed by atoms with Gasteiger partial charge in [-0.3, -0.25) is 0 Å². The van der Waals surface area contributed by atoms with Crippen molar-refractivity contribution in [3.8, 4) is 5.75 Å². The van der Waals surface area contributed by atoms with Crippen LogP contribution in [0, 0.1) is 0 Å². The molecule has 0 aliphatic rings. The van der Waals surface area contributed by atoms with Crippen molar-refractivity contribution in [1.82, 2.24) is 0 Å². The van der Waals surface area contributed by atoms with Crippen molar-refractivity contribution >= 4 is 22.4 Å². The van der Waals surface area contributed by atoms with Crippen LogP contribution >= 0.6 is 11.6 Å². The minimum Gasteiger partial charge on any atom is -0.496 e. The molecule has 0 bridgehead atoms. The van der Waals surface area contributed by atoms with Gasteiger partial charge in [0.1, 0.15) is 11.3 Å². The molecule has 0 radical (unpaired) electrons. The Kier molecular flexibility index (Phi) is 2.91. The zero-order chi connectivity index (χ0) is 12.6. The molecule has 0 atom stereocenters. The van der Waals surface area contributed by atoms with Crippen molar-refractivity contribution in [2.24, 2.45) is 0 Å². The molecule has 0 saturated heterocycles. The van der Waals surface area contributed by atoms with Gasteiger partial charge in [-0.2, -0.15) is 13.2 Å². The summed E-state index contributed by atoms with van der Waals surface area (Å²) in [7, 11) is 1.21. The molecular weight excluding hydrogens is 253 g/mol. The Morgan fingerprint density at radius 2 is 1.82 bits per heavy atom. The molecule has 0 unspecified atom stereocenters. The Bertz CT molecular complexity index is 563. The van der Waals surface area contributed by atoms with Gasteiger partial charge < -0.3 is 4.74 Å². The van der Waals surface area contributed by atoms with E-state index in [1.165, 1.54) is 31.4 Å². The number of methoxy groups -OCH3 is 1.